The topological polar surface area (TPSA) is 21.3 Å². The van der Waals surface area contributed by atoms with Crippen LogP contribution in [0.25, 0.3) is 0 Å². The smallest absolute Gasteiger partial charge is 0.122 e. The van der Waals surface area contributed by atoms with Crippen LogP contribution in [0.4, 0.5) is 0 Å². The van der Waals surface area contributed by atoms with Gasteiger partial charge in [0.2, 0.25) is 0 Å². The van der Waals surface area contributed by atoms with E-state index < -0.39 is 0 Å². The van der Waals surface area contributed by atoms with Gasteiger partial charge >= 0.3 is 0 Å². The molecule has 1 unspecified atom stereocenters. The zero-order valence-corrected chi connectivity index (χ0v) is 12.8. The summed E-state index contributed by atoms with van der Waals surface area (Å²) in [5.41, 5.74) is 1.48. The molecule has 0 amide bonds. The fraction of sp³-hybridized carbons (Fsp3) is 0.600. The second-order valence-corrected chi connectivity index (χ2v) is 6.35. The third-order valence-electron chi connectivity index (χ3n) is 3.78. The number of rotatable bonds is 3. The van der Waals surface area contributed by atoms with Crippen molar-refractivity contribution in [2.24, 2.45) is 0 Å². The molecule has 1 heterocycles. The molecule has 3 heteroatoms. The van der Waals surface area contributed by atoms with Crippen LogP contribution in [-0.2, 0) is 6.42 Å². The van der Waals surface area contributed by atoms with Crippen molar-refractivity contribution in [3.8, 4) is 5.75 Å². The van der Waals surface area contributed by atoms with Crippen LogP contribution in [0, 0.1) is 0 Å². The fourth-order valence-corrected chi connectivity index (χ4v) is 3.16. The molecule has 1 N–H and O–H groups in total. The van der Waals surface area contributed by atoms with Gasteiger partial charge in [-0.25, -0.2) is 0 Å². The van der Waals surface area contributed by atoms with Gasteiger partial charge in [0.15, 0.2) is 0 Å². The summed E-state index contributed by atoms with van der Waals surface area (Å²) in [7, 11) is 1.75. The van der Waals surface area contributed by atoms with Crippen LogP contribution in [-0.4, -0.2) is 19.2 Å². The molecular weight excluding hydrogens is 290 g/mol. The Morgan fingerprint density at radius 1 is 1.33 bits per heavy atom. The molecule has 0 saturated carbocycles. The minimum Gasteiger partial charge on any atom is -0.496 e. The van der Waals surface area contributed by atoms with E-state index in [-0.39, 0.29) is 5.54 Å². The van der Waals surface area contributed by atoms with E-state index >= 15 is 0 Å². The van der Waals surface area contributed by atoms with Gasteiger partial charge in [-0.3, -0.25) is 0 Å². The van der Waals surface area contributed by atoms with E-state index in [9.17, 15) is 0 Å². The van der Waals surface area contributed by atoms with Crippen molar-refractivity contribution in [1.82, 2.24) is 5.32 Å². The lowest BCUT2D eigenvalue weighted by Gasteiger charge is -2.30. The average Bonchev–Trinajstić information content (AvgIpc) is 2.54. The molecule has 18 heavy (non-hydrogen) atoms. The Hall–Kier alpha value is -0.540. The van der Waals surface area contributed by atoms with Gasteiger partial charge in [0.05, 0.1) is 7.11 Å². The Balaban J connectivity index is 2.18. The van der Waals surface area contributed by atoms with Crippen molar-refractivity contribution >= 4 is 15.9 Å². The summed E-state index contributed by atoms with van der Waals surface area (Å²) in [4.78, 5) is 0. The maximum Gasteiger partial charge on any atom is 0.122 e. The molecule has 100 valence electrons. The van der Waals surface area contributed by atoms with Gasteiger partial charge in [-0.15, -0.1) is 0 Å². The normalized spacial score (nSPS) is 24.6. The molecule has 2 nitrogen and oxygen atoms in total. The van der Waals surface area contributed by atoms with Crippen molar-refractivity contribution in [2.45, 2.75) is 44.6 Å². The van der Waals surface area contributed by atoms with Gasteiger partial charge in [-0.1, -0.05) is 28.8 Å². The highest BCUT2D eigenvalue weighted by Gasteiger charge is 2.26. The van der Waals surface area contributed by atoms with Crippen LogP contribution in [0.15, 0.2) is 22.7 Å². The fourth-order valence-electron chi connectivity index (χ4n) is 2.75. The lowest BCUT2D eigenvalue weighted by molar-refractivity contribution is 0.336. The minimum absolute atomic E-state index is 0.199. The van der Waals surface area contributed by atoms with Gasteiger partial charge in [0.25, 0.3) is 0 Å². The maximum absolute atomic E-state index is 5.47. The van der Waals surface area contributed by atoms with Crippen molar-refractivity contribution < 1.29 is 4.74 Å². The number of methoxy groups -OCH3 is 1. The van der Waals surface area contributed by atoms with Crippen LogP contribution < -0.4 is 10.1 Å². The number of benzene rings is 1. The highest BCUT2D eigenvalue weighted by molar-refractivity contribution is 9.10. The molecule has 1 saturated heterocycles. The molecular formula is C15H22BrNO. The van der Waals surface area contributed by atoms with E-state index in [1.54, 1.807) is 7.11 Å². The first kappa shape index (κ1) is 13.9. The summed E-state index contributed by atoms with van der Waals surface area (Å²) >= 11 is 3.55. The first-order chi connectivity index (χ1) is 8.63. The van der Waals surface area contributed by atoms with Crippen LogP contribution >= 0.6 is 15.9 Å². The van der Waals surface area contributed by atoms with Gasteiger partial charge < -0.3 is 10.1 Å². The number of hydrogen-bond donors (Lipinski definition) is 1. The SMILES string of the molecule is COc1ccc(Br)cc1CC1(C)CCCCCN1. The molecule has 0 spiro atoms. The van der Waals surface area contributed by atoms with Crippen molar-refractivity contribution in [1.29, 1.82) is 0 Å². The molecule has 1 aliphatic rings. The van der Waals surface area contributed by atoms with Crippen LogP contribution in [0.5, 0.6) is 5.75 Å². The molecule has 1 aromatic carbocycles. The Morgan fingerprint density at radius 2 is 2.17 bits per heavy atom. The second kappa shape index (κ2) is 6.07. The van der Waals surface area contributed by atoms with Crippen LogP contribution in [0.3, 0.4) is 0 Å². The highest BCUT2D eigenvalue weighted by atomic mass is 79.9. The molecule has 0 aromatic heterocycles. The van der Waals surface area contributed by atoms with E-state index in [1.807, 2.05) is 12.1 Å². The first-order valence-electron chi connectivity index (χ1n) is 6.70. The quantitative estimate of drug-likeness (QED) is 0.913. The van der Waals surface area contributed by atoms with Crippen molar-refractivity contribution in [3.05, 3.63) is 28.2 Å². The molecule has 2 rings (SSSR count). The zero-order chi connectivity index (χ0) is 13.0. The summed E-state index contributed by atoms with van der Waals surface area (Å²) in [6.07, 6.45) is 6.22. The highest BCUT2D eigenvalue weighted by Crippen LogP contribution is 2.29. The van der Waals surface area contributed by atoms with E-state index in [0.29, 0.717) is 0 Å². The van der Waals surface area contributed by atoms with E-state index in [4.69, 9.17) is 4.74 Å². The first-order valence-corrected chi connectivity index (χ1v) is 7.50. The monoisotopic (exact) mass is 311 g/mol. The predicted molar refractivity (Wildman–Crippen MR) is 79.3 cm³/mol. The Kier molecular flexibility index (Phi) is 4.68. The summed E-state index contributed by atoms with van der Waals surface area (Å²) in [6, 6.07) is 6.25. The molecule has 0 radical (unpaired) electrons. The molecule has 0 aliphatic carbocycles. The van der Waals surface area contributed by atoms with Gasteiger partial charge in [-0.05, 0) is 56.5 Å². The molecule has 0 bridgehead atoms. The molecule has 1 fully saturated rings. The largest absolute Gasteiger partial charge is 0.496 e. The Bertz CT molecular complexity index is 397. The Labute approximate surface area is 118 Å². The van der Waals surface area contributed by atoms with Crippen molar-refractivity contribution in [2.75, 3.05) is 13.7 Å². The van der Waals surface area contributed by atoms with E-state index in [2.05, 4.69) is 34.2 Å². The molecule has 1 aliphatic heterocycles. The molecule has 1 atom stereocenters. The zero-order valence-electron chi connectivity index (χ0n) is 11.3. The van der Waals surface area contributed by atoms with Crippen LogP contribution in [0.2, 0.25) is 0 Å². The standard InChI is InChI=1S/C15H22BrNO/c1-15(8-4-3-5-9-17-15)11-12-10-13(16)6-7-14(12)18-2/h6-7,10,17H,3-5,8-9,11H2,1-2H3. The molecule has 1 aromatic rings. The second-order valence-electron chi connectivity index (χ2n) is 5.43. The lowest BCUT2D eigenvalue weighted by Crippen LogP contribution is -2.43. The number of halogens is 1. The summed E-state index contributed by atoms with van der Waals surface area (Å²) in [5, 5.41) is 3.71. The van der Waals surface area contributed by atoms with Gasteiger partial charge in [0.1, 0.15) is 5.75 Å². The Morgan fingerprint density at radius 3 is 2.94 bits per heavy atom. The number of ether oxygens (including phenoxy) is 1. The van der Waals surface area contributed by atoms with E-state index in [0.717, 1.165) is 23.2 Å². The number of hydrogen-bond acceptors (Lipinski definition) is 2. The minimum atomic E-state index is 0.199. The lowest BCUT2D eigenvalue weighted by atomic mass is 9.88. The van der Waals surface area contributed by atoms with Crippen molar-refractivity contribution in [3.63, 3.8) is 0 Å². The summed E-state index contributed by atoms with van der Waals surface area (Å²) < 4.78 is 6.59. The maximum atomic E-state index is 5.47. The summed E-state index contributed by atoms with van der Waals surface area (Å²) in [6.45, 7) is 3.46. The average molecular weight is 312 g/mol. The number of nitrogens with one attached hydrogen (secondary N) is 1. The van der Waals surface area contributed by atoms with E-state index in [1.165, 1.54) is 31.2 Å². The predicted octanol–water partition coefficient (Wildman–Crippen LogP) is 3.92. The van der Waals surface area contributed by atoms with Gasteiger partial charge in [0, 0.05) is 10.0 Å². The third-order valence-corrected chi connectivity index (χ3v) is 4.27. The van der Waals surface area contributed by atoms with Gasteiger partial charge in [-0.2, -0.15) is 0 Å². The summed E-state index contributed by atoms with van der Waals surface area (Å²) in [5.74, 6) is 0.991. The third kappa shape index (κ3) is 3.48. The van der Waals surface area contributed by atoms with Crippen LogP contribution in [0.1, 0.15) is 38.2 Å².